The molecule has 0 radical (unpaired) electrons. The van der Waals surface area contributed by atoms with Crippen molar-refractivity contribution in [2.75, 3.05) is 38.7 Å². The Morgan fingerprint density at radius 2 is 2.00 bits per heavy atom. The van der Waals surface area contributed by atoms with Gasteiger partial charge in [-0.05, 0) is 26.0 Å². The second-order valence-corrected chi connectivity index (χ2v) is 10.0. The van der Waals surface area contributed by atoms with Gasteiger partial charge in [0.2, 0.25) is 10.0 Å². The van der Waals surface area contributed by atoms with Crippen LogP contribution in [0.5, 0.6) is 5.75 Å². The van der Waals surface area contributed by atoms with E-state index in [1.807, 2.05) is 6.07 Å². The second kappa shape index (κ2) is 8.98. The van der Waals surface area contributed by atoms with Crippen LogP contribution in [0.3, 0.4) is 0 Å². The molecule has 166 valence electrons. The predicted molar refractivity (Wildman–Crippen MR) is 121 cm³/mol. The number of sulfonamides is 1. The molecular weight excluding hydrogens is 414 g/mol. The number of allylic oxidation sites excluding steroid dienone is 1. The van der Waals surface area contributed by atoms with Crippen LogP contribution >= 0.6 is 0 Å². The Bertz CT molecular complexity index is 1090. The Labute approximate surface area is 184 Å². The maximum absolute atomic E-state index is 13.0. The summed E-state index contributed by atoms with van der Waals surface area (Å²) in [6, 6.07) is 7.49. The number of aromatic nitrogens is 1. The molecule has 7 nitrogen and oxygen atoms in total. The third-order valence-corrected chi connectivity index (χ3v) is 7.36. The van der Waals surface area contributed by atoms with Gasteiger partial charge in [0.05, 0.1) is 30.9 Å². The topological polar surface area (TPSA) is 80.8 Å². The zero-order valence-corrected chi connectivity index (χ0v) is 19.0. The Morgan fingerprint density at radius 1 is 1.23 bits per heavy atom. The van der Waals surface area contributed by atoms with Crippen molar-refractivity contribution < 1.29 is 17.9 Å². The predicted octanol–water partition coefficient (Wildman–Crippen LogP) is 3.09. The van der Waals surface area contributed by atoms with Crippen molar-refractivity contribution in [3.05, 3.63) is 52.9 Å². The molecule has 0 atom stereocenters. The number of morpholine rings is 1. The van der Waals surface area contributed by atoms with E-state index in [1.54, 1.807) is 19.2 Å². The molecule has 1 aromatic carbocycles. The molecule has 1 aromatic heterocycles. The summed E-state index contributed by atoms with van der Waals surface area (Å²) in [5.74, 6) is 0.549. The smallest absolute Gasteiger partial charge is 0.243 e. The van der Waals surface area contributed by atoms with Crippen LogP contribution in [-0.2, 0) is 27.6 Å². The van der Waals surface area contributed by atoms with Crippen molar-refractivity contribution in [3.63, 3.8) is 0 Å². The summed E-state index contributed by atoms with van der Waals surface area (Å²) in [5, 5.41) is 3.51. The summed E-state index contributed by atoms with van der Waals surface area (Å²) >= 11 is 0. The highest BCUT2D eigenvalue weighted by atomic mass is 32.2. The number of nitrogens with zero attached hydrogens (tertiary/aromatic N) is 2. The first-order chi connectivity index (χ1) is 14.9. The highest BCUT2D eigenvalue weighted by molar-refractivity contribution is 7.89. The zero-order chi connectivity index (χ0) is 22.0. The molecule has 2 aliphatic rings. The van der Waals surface area contributed by atoms with Gasteiger partial charge < -0.3 is 14.8 Å². The van der Waals surface area contributed by atoms with E-state index < -0.39 is 10.0 Å². The number of fused-ring (bicyclic) bond motifs is 1. The first-order valence-electron chi connectivity index (χ1n) is 10.6. The lowest BCUT2D eigenvalue weighted by Gasteiger charge is -2.26. The Kier molecular flexibility index (Phi) is 6.31. The highest BCUT2D eigenvalue weighted by Crippen LogP contribution is 2.31. The molecule has 0 spiro atoms. The Hall–Kier alpha value is -2.42. The van der Waals surface area contributed by atoms with Crippen molar-refractivity contribution in [3.8, 4) is 5.75 Å². The number of hydrogen-bond acceptors (Lipinski definition) is 6. The number of anilines is 1. The van der Waals surface area contributed by atoms with E-state index in [4.69, 9.17) is 14.5 Å². The molecule has 1 aliphatic heterocycles. The summed E-state index contributed by atoms with van der Waals surface area (Å²) in [7, 11) is -2.01. The molecule has 2 heterocycles. The molecule has 0 bridgehead atoms. The van der Waals surface area contributed by atoms with Crippen molar-refractivity contribution >= 4 is 21.8 Å². The van der Waals surface area contributed by atoms with Gasteiger partial charge in [0.25, 0.3) is 0 Å². The number of ether oxygens (including phenoxy) is 2. The van der Waals surface area contributed by atoms with Crippen LogP contribution in [0.25, 0.3) is 6.08 Å². The molecule has 0 amide bonds. The number of benzene rings is 1. The van der Waals surface area contributed by atoms with Crippen molar-refractivity contribution in [2.24, 2.45) is 0 Å². The molecule has 1 N–H and O–H groups in total. The molecular formula is C23H29N3O4S. The summed E-state index contributed by atoms with van der Waals surface area (Å²) in [4.78, 5) is 5.08. The first-order valence-corrected chi connectivity index (χ1v) is 12.0. The largest absolute Gasteiger partial charge is 0.496 e. The van der Waals surface area contributed by atoms with Crippen LogP contribution in [-0.4, -0.2) is 57.2 Å². The summed E-state index contributed by atoms with van der Waals surface area (Å²) in [6.45, 7) is 5.79. The summed E-state index contributed by atoms with van der Waals surface area (Å²) < 4.78 is 38.3. The SMILES string of the molecule is COc1cc(S(=O)(=O)N2CCOCC2)ccc1Cc1cc(NC(C)C)c2c(n1)CC=C2. The number of rotatable bonds is 7. The standard InChI is InChI=1S/C23H29N3O4S/c1-16(2)24-22-14-18(25-21-6-4-5-20(21)22)13-17-7-8-19(15-23(17)29-3)31(27,28)26-9-11-30-12-10-26/h4-5,7-8,14-16H,6,9-13H2,1-3H3,(H,24,25). The lowest BCUT2D eigenvalue weighted by atomic mass is 10.1. The van der Waals surface area contributed by atoms with E-state index >= 15 is 0 Å². The third kappa shape index (κ3) is 4.61. The molecule has 8 heteroatoms. The minimum Gasteiger partial charge on any atom is -0.496 e. The highest BCUT2D eigenvalue weighted by Gasteiger charge is 2.27. The molecule has 1 aliphatic carbocycles. The Balaban J connectivity index is 1.62. The fraction of sp³-hybridized carbons (Fsp3) is 0.435. The summed E-state index contributed by atoms with van der Waals surface area (Å²) in [5.41, 5.74) is 5.11. The molecule has 1 saturated heterocycles. The molecule has 2 aromatic rings. The minimum absolute atomic E-state index is 0.239. The minimum atomic E-state index is -3.57. The molecule has 0 saturated carbocycles. The van der Waals surface area contributed by atoms with Crippen LogP contribution in [0.4, 0.5) is 5.69 Å². The van der Waals surface area contributed by atoms with E-state index in [-0.39, 0.29) is 4.90 Å². The molecule has 0 unspecified atom stereocenters. The van der Waals surface area contributed by atoms with Crippen LogP contribution < -0.4 is 10.1 Å². The fourth-order valence-corrected chi connectivity index (χ4v) is 5.40. The van der Waals surface area contributed by atoms with Gasteiger partial charge in [-0.25, -0.2) is 8.42 Å². The van der Waals surface area contributed by atoms with E-state index in [0.717, 1.165) is 34.6 Å². The maximum Gasteiger partial charge on any atom is 0.243 e. The lowest BCUT2D eigenvalue weighted by molar-refractivity contribution is 0.0730. The van der Waals surface area contributed by atoms with Gasteiger partial charge in [0.1, 0.15) is 5.75 Å². The number of methoxy groups -OCH3 is 1. The fourth-order valence-electron chi connectivity index (χ4n) is 3.98. The molecule has 4 rings (SSSR count). The van der Waals surface area contributed by atoms with Gasteiger partial charge >= 0.3 is 0 Å². The quantitative estimate of drug-likeness (QED) is 0.708. The summed E-state index contributed by atoms with van der Waals surface area (Å²) in [6.07, 6.45) is 5.62. The van der Waals surface area contributed by atoms with Crippen molar-refractivity contribution in [1.29, 1.82) is 0 Å². The zero-order valence-electron chi connectivity index (χ0n) is 18.2. The van der Waals surface area contributed by atoms with Gasteiger partial charge in [-0.2, -0.15) is 4.31 Å². The van der Waals surface area contributed by atoms with Gasteiger partial charge in [-0.1, -0.05) is 18.2 Å². The van der Waals surface area contributed by atoms with Crippen LogP contribution in [0.15, 0.2) is 35.2 Å². The van der Waals surface area contributed by atoms with Crippen LogP contribution in [0.1, 0.15) is 36.4 Å². The van der Waals surface area contributed by atoms with Crippen LogP contribution in [0, 0.1) is 0 Å². The van der Waals surface area contributed by atoms with Gasteiger partial charge in [0.15, 0.2) is 0 Å². The van der Waals surface area contributed by atoms with Crippen LogP contribution in [0.2, 0.25) is 0 Å². The van der Waals surface area contributed by atoms with Gasteiger partial charge in [0, 0.05) is 60.5 Å². The maximum atomic E-state index is 13.0. The van der Waals surface area contributed by atoms with E-state index in [1.165, 1.54) is 4.31 Å². The first kappa shape index (κ1) is 21.8. The van der Waals surface area contributed by atoms with E-state index in [0.29, 0.717) is 44.5 Å². The van der Waals surface area contributed by atoms with Crippen molar-refractivity contribution in [1.82, 2.24) is 9.29 Å². The second-order valence-electron chi connectivity index (χ2n) is 8.09. The van der Waals surface area contributed by atoms with Gasteiger partial charge in [-0.15, -0.1) is 0 Å². The average molecular weight is 444 g/mol. The monoisotopic (exact) mass is 443 g/mol. The third-order valence-electron chi connectivity index (χ3n) is 5.47. The van der Waals surface area contributed by atoms with E-state index in [9.17, 15) is 8.42 Å². The lowest BCUT2D eigenvalue weighted by Crippen LogP contribution is -2.40. The van der Waals surface area contributed by atoms with Crippen molar-refractivity contribution in [2.45, 2.75) is 37.6 Å². The number of nitrogens with one attached hydrogen (secondary N) is 1. The normalized spacial score (nSPS) is 16.5. The molecule has 31 heavy (non-hydrogen) atoms. The number of pyridine rings is 1. The Morgan fingerprint density at radius 3 is 2.71 bits per heavy atom. The number of hydrogen-bond donors (Lipinski definition) is 1. The average Bonchev–Trinajstić information content (AvgIpc) is 3.23. The molecule has 1 fully saturated rings. The van der Waals surface area contributed by atoms with E-state index in [2.05, 4.69) is 37.4 Å². The van der Waals surface area contributed by atoms with Gasteiger partial charge in [-0.3, -0.25) is 4.98 Å².